The minimum Gasteiger partial charge on any atom is -0.495 e. The van der Waals surface area contributed by atoms with Crippen molar-refractivity contribution < 1.29 is 23.1 Å². The average Bonchev–Trinajstić information content (AvgIpc) is 2.46. The zero-order chi connectivity index (χ0) is 17.7. The Morgan fingerprint density at radius 2 is 1.74 bits per heavy atom. The lowest BCUT2D eigenvalue weighted by Gasteiger charge is -2.24. The van der Waals surface area contributed by atoms with Gasteiger partial charge in [0.25, 0.3) is 0 Å². The molecule has 1 aromatic rings. The lowest BCUT2D eigenvalue weighted by Crippen LogP contribution is -2.30. The number of methoxy groups -OCH3 is 1. The van der Waals surface area contributed by atoms with E-state index in [0.717, 1.165) is 0 Å². The summed E-state index contributed by atoms with van der Waals surface area (Å²) in [7, 11) is -2.07. The molecule has 0 heterocycles. The van der Waals surface area contributed by atoms with Gasteiger partial charge >= 0.3 is 7.60 Å². The maximum Gasteiger partial charge on any atom is 0.363 e. The molecule has 0 aromatic heterocycles. The summed E-state index contributed by atoms with van der Waals surface area (Å²) < 4.78 is 29.2. The van der Waals surface area contributed by atoms with Gasteiger partial charge in [0.1, 0.15) is 5.75 Å². The third-order valence-electron chi connectivity index (χ3n) is 3.04. The number of ether oxygens (including phenoxy) is 1. The molecular weight excluding hydrogens is 317 g/mol. The topological polar surface area (TPSA) is 73.9 Å². The average molecular weight is 343 g/mol. The fourth-order valence-electron chi connectivity index (χ4n) is 1.86. The molecule has 23 heavy (non-hydrogen) atoms. The summed E-state index contributed by atoms with van der Waals surface area (Å²) in [6.45, 7) is 9.30. The number of nitrogens with one attached hydrogen (secondary N) is 1. The van der Waals surface area contributed by atoms with Crippen LogP contribution in [0, 0.1) is 5.41 Å². The van der Waals surface area contributed by atoms with Crippen LogP contribution in [0.2, 0.25) is 0 Å². The van der Waals surface area contributed by atoms with Crippen LogP contribution in [0.4, 0.5) is 5.69 Å². The summed E-state index contributed by atoms with van der Waals surface area (Å²) in [6, 6.07) is 4.99. The van der Waals surface area contributed by atoms with Crippen LogP contribution in [0.5, 0.6) is 5.75 Å². The zero-order valence-electron chi connectivity index (χ0n) is 14.6. The van der Waals surface area contributed by atoms with E-state index in [2.05, 4.69) is 5.32 Å². The fourth-order valence-corrected chi connectivity index (χ4v) is 3.60. The van der Waals surface area contributed by atoms with Gasteiger partial charge in [-0.15, -0.1) is 0 Å². The van der Waals surface area contributed by atoms with Gasteiger partial charge in [-0.25, -0.2) is 0 Å². The van der Waals surface area contributed by atoms with Crippen molar-refractivity contribution >= 4 is 24.5 Å². The SMILES string of the molecule is CCOP(=O)(OCC)c1cccc(OC)c1NC(=O)C(C)(C)C. The highest BCUT2D eigenvalue weighted by molar-refractivity contribution is 7.62. The van der Waals surface area contributed by atoms with E-state index in [4.69, 9.17) is 13.8 Å². The Bertz CT molecular complexity index is 585. The molecule has 0 aliphatic rings. The normalized spacial score (nSPS) is 12.1. The summed E-state index contributed by atoms with van der Waals surface area (Å²) in [4.78, 5) is 12.4. The van der Waals surface area contributed by atoms with Gasteiger partial charge in [-0.1, -0.05) is 26.8 Å². The molecule has 7 heteroatoms. The van der Waals surface area contributed by atoms with Gasteiger partial charge in [-0.2, -0.15) is 0 Å². The van der Waals surface area contributed by atoms with Crippen molar-refractivity contribution in [3.63, 3.8) is 0 Å². The van der Waals surface area contributed by atoms with Crippen LogP contribution in [-0.4, -0.2) is 26.2 Å². The number of carbonyl (C=O) groups is 1. The Balaban J connectivity index is 3.42. The first-order chi connectivity index (χ1) is 10.7. The first-order valence-corrected chi connectivity index (χ1v) is 9.12. The summed E-state index contributed by atoms with van der Waals surface area (Å²) in [5, 5.41) is 3.09. The molecular formula is C16H26NO5P. The van der Waals surface area contributed by atoms with E-state index in [1.165, 1.54) is 7.11 Å². The quantitative estimate of drug-likeness (QED) is 0.766. The minimum absolute atomic E-state index is 0.220. The van der Waals surface area contributed by atoms with Crippen LogP contribution >= 0.6 is 7.60 Å². The molecule has 0 saturated heterocycles. The molecule has 0 bridgehead atoms. The van der Waals surface area contributed by atoms with Crippen molar-refractivity contribution in [2.24, 2.45) is 5.41 Å². The molecule has 0 aliphatic heterocycles. The van der Waals surface area contributed by atoms with Gasteiger partial charge in [-0.3, -0.25) is 9.36 Å². The second-order valence-corrected chi connectivity index (χ2v) is 7.88. The molecule has 6 nitrogen and oxygen atoms in total. The van der Waals surface area contributed by atoms with Crippen LogP contribution in [0.15, 0.2) is 18.2 Å². The fraction of sp³-hybridized carbons (Fsp3) is 0.562. The number of carbonyl (C=O) groups excluding carboxylic acids is 1. The summed E-state index contributed by atoms with van der Waals surface area (Å²) in [5.41, 5.74) is -0.292. The molecule has 0 atom stereocenters. The number of hydrogen-bond acceptors (Lipinski definition) is 5. The molecule has 1 aromatic carbocycles. The standard InChI is InChI=1S/C16H26NO5P/c1-7-21-23(19,22-8-2)13-11-9-10-12(20-6)14(13)17-15(18)16(3,4)5/h9-11H,7-8H2,1-6H3,(H,17,18). The minimum atomic E-state index is -3.55. The van der Waals surface area contributed by atoms with Gasteiger partial charge in [-0.05, 0) is 26.0 Å². The van der Waals surface area contributed by atoms with Gasteiger partial charge in [0.15, 0.2) is 0 Å². The Labute approximate surface area is 138 Å². The van der Waals surface area contributed by atoms with Crippen molar-refractivity contribution in [3.8, 4) is 5.75 Å². The predicted molar refractivity (Wildman–Crippen MR) is 91.6 cm³/mol. The predicted octanol–water partition coefficient (Wildman–Crippen LogP) is 3.57. The van der Waals surface area contributed by atoms with E-state index in [1.807, 2.05) is 0 Å². The molecule has 1 amide bonds. The summed E-state index contributed by atoms with van der Waals surface area (Å²) >= 11 is 0. The third-order valence-corrected chi connectivity index (χ3v) is 5.20. The highest BCUT2D eigenvalue weighted by Gasteiger charge is 2.33. The van der Waals surface area contributed by atoms with Gasteiger partial charge < -0.3 is 19.1 Å². The van der Waals surface area contributed by atoms with E-state index in [0.29, 0.717) is 11.4 Å². The van der Waals surface area contributed by atoms with Gasteiger partial charge in [0.2, 0.25) is 5.91 Å². The summed E-state index contributed by atoms with van der Waals surface area (Å²) in [5.74, 6) is 0.183. The second kappa shape index (κ2) is 7.95. The van der Waals surface area contributed by atoms with E-state index in [9.17, 15) is 9.36 Å². The Morgan fingerprint density at radius 1 is 1.17 bits per heavy atom. The molecule has 0 unspecified atom stereocenters. The molecule has 1 rings (SSSR count). The number of anilines is 1. The number of rotatable bonds is 7. The van der Waals surface area contributed by atoms with Crippen LogP contribution < -0.4 is 15.4 Å². The highest BCUT2D eigenvalue weighted by atomic mass is 31.2. The second-order valence-electron chi connectivity index (χ2n) is 5.89. The molecule has 1 N–H and O–H groups in total. The lowest BCUT2D eigenvalue weighted by atomic mass is 9.95. The Morgan fingerprint density at radius 3 is 2.17 bits per heavy atom. The monoisotopic (exact) mass is 343 g/mol. The highest BCUT2D eigenvalue weighted by Crippen LogP contribution is 2.50. The van der Waals surface area contributed by atoms with Crippen molar-refractivity contribution in [3.05, 3.63) is 18.2 Å². The van der Waals surface area contributed by atoms with Crippen molar-refractivity contribution in [2.75, 3.05) is 25.6 Å². The van der Waals surface area contributed by atoms with Crippen LogP contribution in [0.25, 0.3) is 0 Å². The maximum absolute atomic E-state index is 13.1. The first kappa shape index (κ1) is 19.7. The van der Waals surface area contributed by atoms with Gasteiger partial charge in [0.05, 0.1) is 31.3 Å². The van der Waals surface area contributed by atoms with E-state index >= 15 is 0 Å². The maximum atomic E-state index is 13.1. The molecule has 0 spiro atoms. The lowest BCUT2D eigenvalue weighted by molar-refractivity contribution is -0.123. The number of amides is 1. The van der Waals surface area contributed by atoms with Crippen molar-refractivity contribution in [1.29, 1.82) is 0 Å². The molecule has 0 aliphatic carbocycles. The smallest absolute Gasteiger partial charge is 0.363 e. The number of benzene rings is 1. The number of para-hydroxylation sites is 1. The Kier molecular flexibility index (Phi) is 6.81. The van der Waals surface area contributed by atoms with Crippen LogP contribution in [0.3, 0.4) is 0 Å². The largest absolute Gasteiger partial charge is 0.495 e. The van der Waals surface area contributed by atoms with Crippen LogP contribution in [0.1, 0.15) is 34.6 Å². The van der Waals surface area contributed by atoms with Gasteiger partial charge in [0, 0.05) is 5.41 Å². The number of hydrogen-bond donors (Lipinski definition) is 1. The molecule has 0 saturated carbocycles. The summed E-state index contributed by atoms with van der Waals surface area (Å²) in [6.07, 6.45) is 0. The van der Waals surface area contributed by atoms with E-state index in [-0.39, 0.29) is 24.4 Å². The van der Waals surface area contributed by atoms with Crippen molar-refractivity contribution in [2.45, 2.75) is 34.6 Å². The zero-order valence-corrected chi connectivity index (χ0v) is 15.5. The van der Waals surface area contributed by atoms with E-state index in [1.54, 1.807) is 52.8 Å². The first-order valence-electron chi connectivity index (χ1n) is 7.57. The van der Waals surface area contributed by atoms with E-state index < -0.39 is 13.0 Å². The molecule has 0 fully saturated rings. The van der Waals surface area contributed by atoms with Crippen LogP contribution in [-0.2, 0) is 18.4 Å². The Hall–Kier alpha value is -1.36. The van der Waals surface area contributed by atoms with Crippen molar-refractivity contribution in [1.82, 2.24) is 0 Å². The molecule has 130 valence electrons. The third kappa shape index (κ3) is 4.80. The molecule has 0 radical (unpaired) electrons.